The summed E-state index contributed by atoms with van der Waals surface area (Å²) in [7, 11) is 1.65. The Morgan fingerprint density at radius 1 is 1.12 bits per heavy atom. The van der Waals surface area contributed by atoms with Gasteiger partial charge in [-0.05, 0) is 36.8 Å². The number of nitrogens with one attached hydrogen (secondary N) is 1. The summed E-state index contributed by atoms with van der Waals surface area (Å²) in [6, 6.07) is 16.8. The molecule has 0 bridgehead atoms. The fourth-order valence-corrected chi connectivity index (χ4v) is 4.26. The first-order valence-electron chi connectivity index (χ1n) is 12.9. The second-order valence-corrected chi connectivity index (χ2v) is 10.1. The Balaban J connectivity index is 1.65. The molecule has 0 amide bonds. The summed E-state index contributed by atoms with van der Waals surface area (Å²) in [5, 5.41) is 30.6. The highest BCUT2D eigenvalue weighted by Crippen LogP contribution is 2.27. The summed E-state index contributed by atoms with van der Waals surface area (Å²) >= 11 is 0. The van der Waals surface area contributed by atoms with Crippen molar-refractivity contribution in [1.29, 1.82) is 5.26 Å². The molecule has 0 spiro atoms. The highest BCUT2D eigenvalue weighted by atomic mass is 16.5. The average Bonchev–Trinajstić information content (AvgIpc) is 3.40. The van der Waals surface area contributed by atoms with Crippen molar-refractivity contribution in [2.45, 2.75) is 51.6 Å². The van der Waals surface area contributed by atoms with E-state index in [0.717, 1.165) is 17.7 Å². The van der Waals surface area contributed by atoms with Gasteiger partial charge in [0.15, 0.2) is 0 Å². The quantitative estimate of drug-likeness (QED) is 0.266. The maximum absolute atomic E-state index is 11.3. The van der Waals surface area contributed by atoms with Crippen LogP contribution in [0.15, 0.2) is 54.7 Å². The standard InChI is InChI=1S/C29H32N8O3/c1-5-21(18-40-4)32-28-33-23(20-9-6-8-19(12-20)15-30)13-24(34-28)25-17-37(36-35-25)16-22-10-7-11-26(31-22)29(2,3)14-27(38)39/h6-13,17,21H,5,14,16,18H2,1-4H3,(H,38,39)(H,32,33,34)/t21-/m1/s1. The molecule has 11 heteroatoms. The number of hydrogen-bond acceptors (Lipinski definition) is 9. The number of rotatable bonds is 12. The summed E-state index contributed by atoms with van der Waals surface area (Å²) in [4.78, 5) is 25.4. The van der Waals surface area contributed by atoms with Crippen LogP contribution in [-0.4, -0.2) is 60.8 Å². The number of ether oxygens (including phenoxy) is 1. The van der Waals surface area contributed by atoms with E-state index in [-0.39, 0.29) is 12.5 Å². The first-order valence-corrected chi connectivity index (χ1v) is 12.9. The number of carbonyl (C=O) groups is 1. The maximum atomic E-state index is 11.3. The third-order valence-corrected chi connectivity index (χ3v) is 6.43. The van der Waals surface area contributed by atoms with Gasteiger partial charge in [-0.15, -0.1) is 5.10 Å². The number of carboxylic acid groups (broad SMARTS) is 1. The van der Waals surface area contributed by atoms with Gasteiger partial charge in [0.1, 0.15) is 5.69 Å². The second kappa shape index (κ2) is 12.4. The summed E-state index contributed by atoms with van der Waals surface area (Å²) in [5.74, 6) is -0.452. The minimum atomic E-state index is -0.872. The zero-order chi connectivity index (χ0) is 28.7. The molecule has 4 rings (SSSR count). The number of nitrogens with zero attached hydrogens (tertiary/aromatic N) is 7. The Morgan fingerprint density at radius 2 is 1.90 bits per heavy atom. The molecule has 3 heterocycles. The Morgan fingerprint density at radius 3 is 2.62 bits per heavy atom. The Bertz CT molecular complexity index is 1530. The number of hydrogen-bond donors (Lipinski definition) is 2. The van der Waals surface area contributed by atoms with Crippen molar-refractivity contribution in [1.82, 2.24) is 29.9 Å². The monoisotopic (exact) mass is 540 g/mol. The maximum Gasteiger partial charge on any atom is 0.304 e. The lowest BCUT2D eigenvalue weighted by Gasteiger charge is -2.22. The molecule has 0 fully saturated rings. The minimum Gasteiger partial charge on any atom is -0.481 e. The molecule has 0 unspecified atom stereocenters. The molecule has 40 heavy (non-hydrogen) atoms. The summed E-state index contributed by atoms with van der Waals surface area (Å²) in [5.41, 5.74) is 3.89. The highest BCUT2D eigenvalue weighted by molar-refractivity contribution is 5.69. The van der Waals surface area contributed by atoms with E-state index in [1.807, 2.05) is 50.2 Å². The van der Waals surface area contributed by atoms with Gasteiger partial charge >= 0.3 is 5.97 Å². The molecule has 0 radical (unpaired) electrons. The predicted molar refractivity (Wildman–Crippen MR) is 149 cm³/mol. The van der Waals surface area contributed by atoms with Crippen LogP contribution in [0.5, 0.6) is 0 Å². The van der Waals surface area contributed by atoms with Gasteiger partial charge in [-0.3, -0.25) is 9.78 Å². The molecular formula is C29H32N8O3. The van der Waals surface area contributed by atoms with E-state index >= 15 is 0 Å². The number of aliphatic carboxylic acids is 1. The van der Waals surface area contributed by atoms with Crippen molar-refractivity contribution >= 4 is 11.9 Å². The van der Waals surface area contributed by atoms with Crippen molar-refractivity contribution < 1.29 is 14.6 Å². The smallest absolute Gasteiger partial charge is 0.304 e. The van der Waals surface area contributed by atoms with Crippen LogP contribution in [0.3, 0.4) is 0 Å². The van der Waals surface area contributed by atoms with Crippen LogP contribution < -0.4 is 5.32 Å². The molecule has 0 saturated heterocycles. The van der Waals surface area contributed by atoms with Gasteiger partial charge in [-0.1, -0.05) is 44.2 Å². The molecule has 0 aliphatic heterocycles. The topological polar surface area (TPSA) is 152 Å². The Hall–Kier alpha value is -4.69. The third-order valence-electron chi connectivity index (χ3n) is 6.43. The molecule has 0 saturated carbocycles. The van der Waals surface area contributed by atoms with Gasteiger partial charge in [0.25, 0.3) is 0 Å². The first-order chi connectivity index (χ1) is 19.2. The van der Waals surface area contributed by atoms with Crippen molar-refractivity contribution in [3.63, 3.8) is 0 Å². The number of nitriles is 1. The zero-order valence-electron chi connectivity index (χ0n) is 23.0. The average molecular weight is 541 g/mol. The van der Waals surface area contributed by atoms with E-state index in [1.165, 1.54) is 0 Å². The lowest BCUT2D eigenvalue weighted by atomic mass is 9.85. The van der Waals surface area contributed by atoms with E-state index in [0.29, 0.717) is 47.4 Å². The largest absolute Gasteiger partial charge is 0.481 e. The summed E-state index contributed by atoms with van der Waals surface area (Å²) < 4.78 is 6.98. The van der Waals surface area contributed by atoms with Crippen molar-refractivity contribution in [3.05, 3.63) is 71.7 Å². The van der Waals surface area contributed by atoms with Gasteiger partial charge in [0.05, 0.1) is 60.5 Å². The molecule has 0 aliphatic rings. The number of benzene rings is 1. The van der Waals surface area contributed by atoms with Crippen molar-refractivity contribution in [3.8, 4) is 28.7 Å². The summed E-state index contributed by atoms with van der Waals surface area (Å²) in [6.45, 7) is 6.62. The van der Waals surface area contributed by atoms with Crippen LogP contribution in [0.1, 0.15) is 50.6 Å². The molecule has 1 atom stereocenters. The number of pyridine rings is 1. The van der Waals surface area contributed by atoms with Crippen molar-refractivity contribution in [2.75, 3.05) is 19.0 Å². The first kappa shape index (κ1) is 28.3. The Kier molecular flexibility index (Phi) is 8.81. The van der Waals surface area contributed by atoms with E-state index in [2.05, 4.69) is 28.6 Å². The van der Waals surface area contributed by atoms with Gasteiger partial charge in [-0.2, -0.15) is 5.26 Å². The lowest BCUT2D eigenvalue weighted by molar-refractivity contribution is -0.138. The predicted octanol–water partition coefficient (Wildman–Crippen LogP) is 4.31. The van der Waals surface area contributed by atoms with Crippen LogP contribution in [0.25, 0.3) is 22.6 Å². The molecule has 2 N–H and O–H groups in total. The van der Waals surface area contributed by atoms with E-state index in [9.17, 15) is 15.2 Å². The SMILES string of the molecule is CC[C@H](COC)Nc1nc(-c2cccc(C#N)c2)cc(-c2cn(Cc3cccc(C(C)(C)CC(=O)O)n3)nn2)n1. The molecule has 4 aromatic rings. The van der Waals surface area contributed by atoms with Gasteiger partial charge in [0, 0.05) is 23.8 Å². The third kappa shape index (κ3) is 7.03. The van der Waals surface area contributed by atoms with E-state index in [4.69, 9.17) is 19.7 Å². The van der Waals surface area contributed by atoms with Crippen LogP contribution >= 0.6 is 0 Å². The highest BCUT2D eigenvalue weighted by Gasteiger charge is 2.26. The van der Waals surface area contributed by atoms with Crippen LogP contribution in [0.4, 0.5) is 5.95 Å². The molecular weight excluding hydrogens is 508 g/mol. The number of anilines is 1. The van der Waals surface area contributed by atoms with Crippen molar-refractivity contribution in [2.24, 2.45) is 0 Å². The van der Waals surface area contributed by atoms with Gasteiger partial charge < -0.3 is 15.2 Å². The number of carboxylic acids is 1. The van der Waals surface area contributed by atoms with Crippen LogP contribution in [0.2, 0.25) is 0 Å². The molecule has 0 aliphatic carbocycles. The second-order valence-electron chi connectivity index (χ2n) is 10.1. The minimum absolute atomic E-state index is 0.0120. The van der Waals surface area contributed by atoms with E-state index < -0.39 is 11.4 Å². The molecule has 1 aromatic carbocycles. The number of aromatic nitrogens is 6. The van der Waals surface area contributed by atoms with Crippen LogP contribution in [0, 0.1) is 11.3 Å². The number of methoxy groups -OCH3 is 1. The normalized spacial score (nSPS) is 12.1. The molecule has 206 valence electrons. The fourth-order valence-electron chi connectivity index (χ4n) is 4.26. The van der Waals surface area contributed by atoms with Gasteiger partial charge in [-0.25, -0.2) is 14.6 Å². The van der Waals surface area contributed by atoms with Gasteiger partial charge in [0.2, 0.25) is 5.95 Å². The van der Waals surface area contributed by atoms with E-state index in [1.54, 1.807) is 30.1 Å². The lowest BCUT2D eigenvalue weighted by Crippen LogP contribution is -2.25. The van der Waals surface area contributed by atoms with Crippen LogP contribution in [-0.2, 0) is 21.5 Å². The zero-order valence-corrected chi connectivity index (χ0v) is 23.0. The summed E-state index contributed by atoms with van der Waals surface area (Å²) in [6.07, 6.45) is 2.57. The Labute approximate surface area is 232 Å². The molecule has 3 aromatic heterocycles. The fraction of sp³-hybridized carbons (Fsp3) is 0.345. The molecule has 11 nitrogen and oxygen atoms in total.